The van der Waals surface area contributed by atoms with Crippen LogP contribution in [0.1, 0.15) is 18.7 Å². The van der Waals surface area contributed by atoms with E-state index in [1.807, 2.05) is 37.3 Å². The number of nitrogens with one attached hydrogen (secondary N) is 1. The van der Waals surface area contributed by atoms with Gasteiger partial charge in [0, 0.05) is 29.5 Å². The van der Waals surface area contributed by atoms with E-state index in [1.165, 1.54) is 10.7 Å². The lowest BCUT2D eigenvalue weighted by Crippen LogP contribution is -2.33. The van der Waals surface area contributed by atoms with E-state index >= 15 is 0 Å². The Balaban J connectivity index is 1.66. The lowest BCUT2D eigenvalue weighted by Gasteiger charge is -2.16. The minimum absolute atomic E-state index is 0.344. The number of carbonyl (C=O) groups excluding carboxylic acids is 1. The first-order valence-corrected chi connectivity index (χ1v) is 8.80. The highest BCUT2D eigenvalue weighted by Gasteiger charge is 2.19. The van der Waals surface area contributed by atoms with Crippen LogP contribution < -0.4 is 10.9 Å². The van der Waals surface area contributed by atoms with Gasteiger partial charge in [0.2, 0.25) is 5.91 Å². The van der Waals surface area contributed by atoms with Crippen molar-refractivity contribution in [1.82, 2.24) is 24.5 Å². The third kappa shape index (κ3) is 3.27. The molecule has 0 saturated heterocycles. The van der Waals surface area contributed by atoms with Crippen molar-refractivity contribution < 1.29 is 4.79 Å². The number of anilines is 1. The Hall–Kier alpha value is -3.81. The van der Waals surface area contributed by atoms with Crippen molar-refractivity contribution >= 4 is 22.5 Å². The maximum Gasteiger partial charge on any atom is 0.267 e. The van der Waals surface area contributed by atoms with E-state index in [0.29, 0.717) is 11.5 Å². The van der Waals surface area contributed by atoms with Gasteiger partial charge in [0.15, 0.2) is 5.82 Å². The third-order valence-electron chi connectivity index (χ3n) is 4.40. The first-order chi connectivity index (χ1) is 13.5. The number of amides is 1. The summed E-state index contributed by atoms with van der Waals surface area (Å²) in [6, 6.07) is 13.3. The minimum atomic E-state index is -0.810. The van der Waals surface area contributed by atoms with Crippen LogP contribution in [0.25, 0.3) is 16.7 Å². The fourth-order valence-corrected chi connectivity index (χ4v) is 2.98. The Labute approximate surface area is 160 Å². The second kappa shape index (κ2) is 7.07. The molecule has 8 nitrogen and oxygen atoms in total. The molecular weight excluding hydrogens is 356 g/mol. The summed E-state index contributed by atoms with van der Waals surface area (Å²) in [6.45, 7) is 3.50. The number of hydrogen-bond donors (Lipinski definition) is 1. The molecule has 0 bridgehead atoms. The van der Waals surface area contributed by atoms with Crippen molar-refractivity contribution in [2.75, 3.05) is 5.32 Å². The summed E-state index contributed by atoms with van der Waals surface area (Å²) in [5.74, 6) is 0.109. The summed E-state index contributed by atoms with van der Waals surface area (Å²) in [5.41, 5.74) is 1.87. The van der Waals surface area contributed by atoms with Gasteiger partial charge in [-0.05, 0) is 38.1 Å². The Bertz CT molecular complexity index is 1210. The smallest absolute Gasteiger partial charge is 0.267 e. The molecule has 0 aliphatic rings. The number of fused-ring (bicyclic) bond motifs is 1. The Morgan fingerprint density at radius 2 is 1.96 bits per heavy atom. The number of aromatic nitrogens is 5. The van der Waals surface area contributed by atoms with Crippen molar-refractivity contribution in [3.63, 3.8) is 0 Å². The molecule has 3 heterocycles. The van der Waals surface area contributed by atoms with Crippen LogP contribution in [0.5, 0.6) is 0 Å². The number of pyridine rings is 1. The van der Waals surface area contributed by atoms with Crippen molar-refractivity contribution in [3.8, 4) is 5.82 Å². The zero-order chi connectivity index (χ0) is 19.7. The molecule has 1 N–H and O–H groups in total. The van der Waals surface area contributed by atoms with Crippen LogP contribution >= 0.6 is 0 Å². The van der Waals surface area contributed by atoms with E-state index in [-0.39, 0.29) is 11.5 Å². The highest BCUT2D eigenvalue weighted by atomic mass is 16.2. The van der Waals surface area contributed by atoms with Gasteiger partial charge < -0.3 is 5.32 Å². The molecule has 28 heavy (non-hydrogen) atoms. The summed E-state index contributed by atoms with van der Waals surface area (Å²) >= 11 is 0. The third-order valence-corrected chi connectivity index (χ3v) is 4.40. The van der Waals surface area contributed by atoms with Crippen LogP contribution in [-0.4, -0.2) is 30.5 Å². The first kappa shape index (κ1) is 17.6. The summed E-state index contributed by atoms with van der Waals surface area (Å²) in [4.78, 5) is 29.6. The molecule has 140 valence electrons. The molecule has 0 fully saturated rings. The van der Waals surface area contributed by atoms with Crippen LogP contribution in [0, 0.1) is 6.92 Å². The summed E-state index contributed by atoms with van der Waals surface area (Å²) in [5, 5.41) is 12.1. The topological polar surface area (TPSA) is 94.7 Å². The lowest BCUT2D eigenvalue weighted by molar-refractivity contribution is -0.119. The predicted octanol–water partition coefficient (Wildman–Crippen LogP) is 2.49. The van der Waals surface area contributed by atoms with Gasteiger partial charge in [0.05, 0.1) is 11.2 Å². The predicted molar refractivity (Wildman–Crippen MR) is 105 cm³/mol. The Morgan fingerprint density at radius 1 is 1.14 bits per heavy atom. The fraction of sp³-hybridized carbons (Fsp3) is 0.150. The molecule has 0 aliphatic carbocycles. The molecule has 3 aromatic heterocycles. The normalized spacial score (nSPS) is 12.1. The quantitative estimate of drug-likeness (QED) is 0.592. The maximum atomic E-state index is 12.9. The molecule has 1 amide bonds. The van der Waals surface area contributed by atoms with Crippen molar-refractivity contribution in [2.24, 2.45) is 0 Å². The SMILES string of the molecule is Cc1cc(NC(=O)C(C)n2nc(-n3cccn3)ccc2=O)c2ccccc2n1. The standard InChI is InChI=1S/C20H18N6O2/c1-13-12-17(15-6-3-4-7-16(15)22-13)23-20(28)14(2)26-19(27)9-8-18(24-26)25-11-5-10-21-25/h3-12,14H,1-2H3,(H,22,23,28). The first-order valence-electron chi connectivity index (χ1n) is 8.80. The zero-order valence-corrected chi connectivity index (χ0v) is 15.4. The average molecular weight is 374 g/mol. The monoisotopic (exact) mass is 374 g/mol. The molecular formula is C20H18N6O2. The molecule has 1 atom stereocenters. The van der Waals surface area contributed by atoms with E-state index in [0.717, 1.165) is 21.3 Å². The van der Waals surface area contributed by atoms with E-state index < -0.39 is 6.04 Å². The molecule has 1 aromatic carbocycles. The second-order valence-electron chi connectivity index (χ2n) is 6.42. The molecule has 0 radical (unpaired) electrons. The van der Waals surface area contributed by atoms with Gasteiger partial charge in [-0.15, -0.1) is 5.10 Å². The fourth-order valence-electron chi connectivity index (χ4n) is 2.98. The molecule has 0 aliphatic heterocycles. The van der Waals surface area contributed by atoms with E-state index in [4.69, 9.17) is 0 Å². The second-order valence-corrected chi connectivity index (χ2v) is 6.42. The van der Waals surface area contributed by atoms with Crippen LogP contribution in [0.3, 0.4) is 0 Å². The average Bonchev–Trinajstić information content (AvgIpc) is 3.22. The van der Waals surface area contributed by atoms with Crippen LogP contribution in [0.15, 0.2) is 65.7 Å². The molecule has 0 spiro atoms. The van der Waals surface area contributed by atoms with Gasteiger partial charge >= 0.3 is 0 Å². The number of nitrogens with zero attached hydrogens (tertiary/aromatic N) is 5. The highest BCUT2D eigenvalue weighted by molar-refractivity contribution is 6.02. The number of aryl methyl sites for hydroxylation is 1. The largest absolute Gasteiger partial charge is 0.324 e. The zero-order valence-electron chi connectivity index (χ0n) is 15.4. The van der Waals surface area contributed by atoms with Crippen LogP contribution in [0.4, 0.5) is 5.69 Å². The van der Waals surface area contributed by atoms with Gasteiger partial charge in [-0.2, -0.15) is 5.10 Å². The van der Waals surface area contributed by atoms with E-state index in [2.05, 4.69) is 20.5 Å². The number of carbonyl (C=O) groups is 1. The summed E-state index contributed by atoms with van der Waals surface area (Å²) in [7, 11) is 0. The lowest BCUT2D eigenvalue weighted by atomic mass is 10.1. The van der Waals surface area contributed by atoms with Crippen LogP contribution in [-0.2, 0) is 4.79 Å². The summed E-state index contributed by atoms with van der Waals surface area (Å²) in [6.07, 6.45) is 3.33. The Kier molecular flexibility index (Phi) is 4.44. The van der Waals surface area contributed by atoms with Gasteiger partial charge in [0.1, 0.15) is 6.04 Å². The van der Waals surface area contributed by atoms with E-state index in [1.54, 1.807) is 31.5 Å². The molecule has 0 saturated carbocycles. The number of benzene rings is 1. The van der Waals surface area contributed by atoms with Gasteiger partial charge in [-0.1, -0.05) is 18.2 Å². The molecule has 4 aromatic rings. The Morgan fingerprint density at radius 3 is 2.75 bits per heavy atom. The minimum Gasteiger partial charge on any atom is -0.324 e. The van der Waals surface area contributed by atoms with Gasteiger partial charge in [0.25, 0.3) is 5.56 Å². The van der Waals surface area contributed by atoms with E-state index in [9.17, 15) is 9.59 Å². The van der Waals surface area contributed by atoms with Crippen molar-refractivity contribution in [2.45, 2.75) is 19.9 Å². The van der Waals surface area contributed by atoms with Gasteiger partial charge in [-0.3, -0.25) is 14.6 Å². The number of rotatable bonds is 4. The van der Waals surface area contributed by atoms with Crippen LogP contribution in [0.2, 0.25) is 0 Å². The molecule has 4 rings (SSSR count). The number of hydrogen-bond acceptors (Lipinski definition) is 5. The van der Waals surface area contributed by atoms with Gasteiger partial charge in [-0.25, -0.2) is 9.36 Å². The highest BCUT2D eigenvalue weighted by Crippen LogP contribution is 2.23. The number of para-hydroxylation sites is 1. The molecule has 1 unspecified atom stereocenters. The van der Waals surface area contributed by atoms with Crippen molar-refractivity contribution in [1.29, 1.82) is 0 Å². The maximum absolute atomic E-state index is 12.9. The van der Waals surface area contributed by atoms with Crippen molar-refractivity contribution in [3.05, 3.63) is 77.0 Å². The molecule has 8 heteroatoms. The summed E-state index contributed by atoms with van der Waals surface area (Å²) < 4.78 is 2.68.